The van der Waals surface area contributed by atoms with Crippen molar-refractivity contribution in [2.24, 2.45) is 0 Å². The van der Waals surface area contributed by atoms with Crippen LogP contribution in [-0.2, 0) is 11.3 Å². The first-order chi connectivity index (χ1) is 8.65. The Morgan fingerprint density at radius 3 is 2.83 bits per heavy atom. The van der Waals surface area contributed by atoms with Gasteiger partial charge in [0.15, 0.2) is 0 Å². The fourth-order valence-corrected chi connectivity index (χ4v) is 3.62. The smallest absolute Gasteiger partial charge is 0.237 e. The van der Waals surface area contributed by atoms with Crippen LogP contribution in [0.4, 0.5) is 0 Å². The van der Waals surface area contributed by atoms with E-state index >= 15 is 0 Å². The SMILES string of the molecule is CC(NCc1ccc(Br)s1)C(=O)NC1CCCC1. The third-order valence-electron chi connectivity index (χ3n) is 3.31. The van der Waals surface area contributed by atoms with Crippen LogP contribution in [0.3, 0.4) is 0 Å². The zero-order valence-electron chi connectivity index (χ0n) is 10.5. The molecule has 0 radical (unpaired) electrons. The molecular formula is C13H19BrN2OS. The number of hydrogen-bond donors (Lipinski definition) is 2. The summed E-state index contributed by atoms with van der Waals surface area (Å²) < 4.78 is 1.13. The van der Waals surface area contributed by atoms with E-state index in [9.17, 15) is 4.79 Å². The van der Waals surface area contributed by atoms with Crippen molar-refractivity contribution < 1.29 is 4.79 Å². The highest BCUT2D eigenvalue weighted by molar-refractivity contribution is 9.11. The monoisotopic (exact) mass is 330 g/mol. The lowest BCUT2D eigenvalue weighted by molar-refractivity contribution is -0.123. The van der Waals surface area contributed by atoms with Gasteiger partial charge in [-0.2, -0.15) is 0 Å². The Labute approximate surface area is 120 Å². The van der Waals surface area contributed by atoms with Crippen LogP contribution in [0.15, 0.2) is 15.9 Å². The van der Waals surface area contributed by atoms with Gasteiger partial charge in [-0.3, -0.25) is 4.79 Å². The van der Waals surface area contributed by atoms with E-state index in [4.69, 9.17) is 0 Å². The minimum absolute atomic E-state index is 0.123. The second kappa shape index (κ2) is 6.68. The summed E-state index contributed by atoms with van der Waals surface area (Å²) in [4.78, 5) is 13.2. The average Bonchev–Trinajstić information content (AvgIpc) is 2.97. The summed E-state index contributed by atoms with van der Waals surface area (Å²) in [7, 11) is 0. The van der Waals surface area contributed by atoms with Crippen LogP contribution in [0, 0.1) is 0 Å². The molecule has 1 amide bonds. The maximum absolute atomic E-state index is 11.9. The van der Waals surface area contributed by atoms with Gasteiger partial charge in [-0.15, -0.1) is 11.3 Å². The van der Waals surface area contributed by atoms with Crippen molar-refractivity contribution in [3.63, 3.8) is 0 Å². The highest BCUT2D eigenvalue weighted by atomic mass is 79.9. The van der Waals surface area contributed by atoms with Crippen molar-refractivity contribution in [1.82, 2.24) is 10.6 Å². The van der Waals surface area contributed by atoms with Gasteiger partial charge in [0.1, 0.15) is 0 Å². The second-order valence-corrected chi connectivity index (χ2v) is 7.35. The first-order valence-electron chi connectivity index (χ1n) is 6.43. The largest absolute Gasteiger partial charge is 0.352 e. The number of rotatable bonds is 5. The van der Waals surface area contributed by atoms with E-state index in [2.05, 4.69) is 32.6 Å². The molecule has 3 nitrogen and oxygen atoms in total. The van der Waals surface area contributed by atoms with Gasteiger partial charge in [-0.25, -0.2) is 0 Å². The Hall–Kier alpha value is -0.390. The van der Waals surface area contributed by atoms with Crippen LogP contribution in [0.5, 0.6) is 0 Å². The Morgan fingerprint density at radius 2 is 2.22 bits per heavy atom. The van der Waals surface area contributed by atoms with Crippen molar-refractivity contribution in [3.05, 3.63) is 20.8 Å². The normalized spacial score (nSPS) is 17.9. The Balaban J connectivity index is 1.73. The molecule has 18 heavy (non-hydrogen) atoms. The molecule has 1 fully saturated rings. The van der Waals surface area contributed by atoms with Crippen LogP contribution in [-0.4, -0.2) is 18.0 Å². The average molecular weight is 331 g/mol. The quantitative estimate of drug-likeness (QED) is 0.871. The van der Waals surface area contributed by atoms with Crippen molar-refractivity contribution in [3.8, 4) is 0 Å². The number of amides is 1. The molecule has 0 bridgehead atoms. The lowest BCUT2D eigenvalue weighted by atomic mass is 10.2. The van der Waals surface area contributed by atoms with Crippen LogP contribution >= 0.6 is 27.3 Å². The third-order valence-corrected chi connectivity index (χ3v) is 4.93. The molecule has 1 aliphatic carbocycles. The maximum Gasteiger partial charge on any atom is 0.237 e. The topological polar surface area (TPSA) is 41.1 Å². The first kappa shape index (κ1) is 14.0. The lowest BCUT2D eigenvalue weighted by Crippen LogP contribution is -2.45. The zero-order chi connectivity index (χ0) is 13.0. The standard InChI is InChI=1S/C13H19BrN2OS/c1-9(13(17)16-10-4-2-3-5-10)15-8-11-6-7-12(14)18-11/h6-7,9-10,15H,2-5,8H2,1H3,(H,16,17). The molecule has 5 heteroatoms. The van der Waals surface area contributed by atoms with E-state index in [-0.39, 0.29) is 11.9 Å². The van der Waals surface area contributed by atoms with Gasteiger partial charge in [0.25, 0.3) is 0 Å². The van der Waals surface area contributed by atoms with E-state index in [0.29, 0.717) is 6.04 Å². The van der Waals surface area contributed by atoms with Gasteiger partial charge in [-0.1, -0.05) is 12.8 Å². The second-order valence-electron chi connectivity index (χ2n) is 4.80. The highest BCUT2D eigenvalue weighted by Gasteiger charge is 2.20. The number of hydrogen-bond acceptors (Lipinski definition) is 3. The minimum atomic E-state index is -0.133. The van der Waals surface area contributed by atoms with E-state index < -0.39 is 0 Å². The molecule has 2 rings (SSSR count). The number of carbonyl (C=O) groups excluding carboxylic acids is 1. The number of carbonyl (C=O) groups is 1. The van der Waals surface area contributed by atoms with Gasteiger partial charge in [0.05, 0.1) is 9.83 Å². The van der Waals surface area contributed by atoms with E-state index in [0.717, 1.165) is 23.2 Å². The predicted octanol–water partition coefficient (Wildman–Crippen LogP) is 3.05. The molecule has 2 N–H and O–H groups in total. The summed E-state index contributed by atoms with van der Waals surface area (Å²) in [5, 5.41) is 6.38. The van der Waals surface area contributed by atoms with E-state index in [1.54, 1.807) is 11.3 Å². The fourth-order valence-electron chi connectivity index (χ4n) is 2.19. The summed E-state index contributed by atoms with van der Waals surface area (Å²) in [6, 6.07) is 4.37. The summed E-state index contributed by atoms with van der Waals surface area (Å²) in [5.74, 6) is 0.123. The fraction of sp³-hybridized carbons (Fsp3) is 0.615. The summed E-state index contributed by atoms with van der Waals surface area (Å²) in [5.41, 5.74) is 0. The Bertz CT molecular complexity index is 401. The summed E-state index contributed by atoms with van der Waals surface area (Å²) in [6.45, 7) is 2.67. The molecule has 0 aromatic carbocycles. The predicted molar refractivity (Wildman–Crippen MR) is 78.7 cm³/mol. The molecule has 1 atom stereocenters. The summed E-state index contributed by atoms with van der Waals surface area (Å²) in [6.07, 6.45) is 4.76. The van der Waals surface area contributed by atoms with Gasteiger partial charge < -0.3 is 10.6 Å². The zero-order valence-corrected chi connectivity index (χ0v) is 12.9. The molecule has 0 spiro atoms. The minimum Gasteiger partial charge on any atom is -0.352 e. The molecule has 1 saturated carbocycles. The van der Waals surface area contributed by atoms with Crippen molar-refractivity contribution in [1.29, 1.82) is 0 Å². The molecule has 1 unspecified atom stereocenters. The highest BCUT2D eigenvalue weighted by Crippen LogP contribution is 2.22. The van der Waals surface area contributed by atoms with Gasteiger partial charge in [0.2, 0.25) is 5.91 Å². The number of thiophene rings is 1. The molecule has 0 saturated heterocycles. The molecule has 1 aromatic rings. The van der Waals surface area contributed by atoms with Gasteiger partial charge >= 0.3 is 0 Å². The lowest BCUT2D eigenvalue weighted by Gasteiger charge is -2.17. The molecule has 1 aliphatic rings. The van der Waals surface area contributed by atoms with Crippen LogP contribution in [0.1, 0.15) is 37.5 Å². The first-order valence-corrected chi connectivity index (χ1v) is 8.04. The Kier molecular flexibility index (Phi) is 5.21. The van der Waals surface area contributed by atoms with E-state index in [1.807, 2.05) is 13.0 Å². The molecular weight excluding hydrogens is 312 g/mol. The molecule has 1 heterocycles. The van der Waals surface area contributed by atoms with Gasteiger partial charge in [-0.05, 0) is 47.8 Å². The Morgan fingerprint density at radius 1 is 1.50 bits per heavy atom. The van der Waals surface area contributed by atoms with Gasteiger partial charge in [0, 0.05) is 17.5 Å². The molecule has 0 aliphatic heterocycles. The van der Waals surface area contributed by atoms with E-state index in [1.165, 1.54) is 17.7 Å². The van der Waals surface area contributed by atoms with Crippen LogP contribution < -0.4 is 10.6 Å². The van der Waals surface area contributed by atoms with Crippen molar-refractivity contribution in [2.75, 3.05) is 0 Å². The number of nitrogens with one attached hydrogen (secondary N) is 2. The van der Waals surface area contributed by atoms with Crippen molar-refractivity contribution >= 4 is 33.2 Å². The van der Waals surface area contributed by atoms with Crippen LogP contribution in [0.2, 0.25) is 0 Å². The van der Waals surface area contributed by atoms with Crippen molar-refractivity contribution in [2.45, 2.75) is 51.2 Å². The van der Waals surface area contributed by atoms with Crippen LogP contribution in [0.25, 0.3) is 0 Å². The number of halogens is 1. The molecule has 100 valence electrons. The maximum atomic E-state index is 11.9. The molecule has 1 aromatic heterocycles. The summed E-state index contributed by atoms with van der Waals surface area (Å²) >= 11 is 5.13. The third kappa shape index (κ3) is 4.07.